The molecule has 5 heteroatoms. The van der Waals surface area contributed by atoms with E-state index >= 15 is 0 Å². The van der Waals surface area contributed by atoms with Crippen LogP contribution in [0.1, 0.15) is 40.0 Å². The second-order valence-corrected chi connectivity index (χ2v) is 8.26. The molecule has 2 nitrogen and oxygen atoms in total. The van der Waals surface area contributed by atoms with Crippen LogP contribution in [0.4, 0.5) is 5.82 Å². The summed E-state index contributed by atoms with van der Waals surface area (Å²) in [6.45, 7) is 7.04. The van der Waals surface area contributed by atoms with E-state index in [0.717, 1.165) is 5.92 Å². The number of aromatic nitrogens is 1. The van der Waals surface area contributed by atoms with Crippen molar-refractivity contribution in [1.29, 1.82) is 0 Å². The molecule has 1 aromatic rings. The van der Waals surface area contributed by atoms with E-state index in [2.05, 4.69) is 31.1 Å². The van der Waals surface area contributed by atoms with E-state index in [4.69, 9.17) is 34.8 Å². The lowest BCUT2D eigenvalue weighted by Crippen LogP contribution is -2.46. The number of nitrogens with one attached hydrogen (secondary N) is 1. The number of nitrogens with zero attached hydrogens (tertiary/aromatic N) is 1. The number of anilines is 1. The van der Waals surface area contributed by atoms with Gasteiger partial charge in [0.25, 0.3) is 0 Å². The van der Waals surface area contributed by atoms with Gasteiger partial charge in [-0.15, -0.1) is 0 Å². The Morgan fingerprint density at radius 3 is 2.50 bits per heavy atom. The van der Waals surface area contributed by atoms with Crippen LogP contribution in [0.3, 0.4) is 0 Å². The summed E-state index contributed by atoms with van der Waals surface area (Å²) >= 11 is 18.2. The summed E-state index contributed by atoms with van der Waals surface area (Å²) in [7, 11) is 0. The summed E-state index contributed by atoms with van der Waals surface area (Å²) in [5.74, 6) is 1.42. The summed E-state index contributed by atoms with van der Waals surface area (Å²) in [6, 6.07) is 2.01. The van der Waals surface area contributed by atoms with E-state index in [1.54, 1.807) is 6.07 Å². The van der Waals surface area contributed by atoms with Crippen LogP contribution in [0.5, 0.6) is 0 Å². The van der Waals surface area contributed by atoms with Gasteiger partial charge in [0.05, 0.1) is 10.0 Å². The van der Waals surface area contributed by atoms with Gasteiger partial charge in [-0.25, -0.2) is 4.98 Å². The van der Waals surface area contributed by atoms with E-state index in [0.29, 0.717) is 32.5 Å². The van der Waals surface area contributed by atoms with E-state index in [-0.39, 0.29) is 5.41 Å². The highest BCUT2D eigenvalue weighted by atomic mass is 35.5. The topological polar surface area (TPSA) is 24.9 Å². The SMILES string of the molecule is CC12CCC(C1)C(C)(C)C2Nc1nc(Cl)c(Cl)cc1Cl. The van der Waals surface area contributed by atoms with Gasteiger partial charge in [-0.3, -0.25) is 0 Å². The minimum absolute atomic E-state index is 0.240. The summed E-state index contributed by atoms with van der Waals surface area (Å²) in [5, 5.41) is 4.77. The molecule has 2 bridgehead atoms. The van der Waals surface area contributed by atoms with Crippen LogP contribution in [0.15, 0.2) is 6.07 Å². The molecule has 0 aliphatic heterocycles. The Morgan fingerprint density at radius 1 is 1.20 bits per heavy atom. The first-order valence-corrected chi connectivity index (χ1v) is 8.15. The highest BCUT2D eigenvalue weighted by molar-refractivity contribution is 6.42. The molecule has 2 saturated carbocycles. The molecular formula is C15H19Cl3N2. The van der Waals surface area contributed by atoms with Crippen molar-refractivity contribution in [3.63, 3.8) is 0 Å². The Morgan fingerprint density at radius 2 is 1.90 bits per heavy atom. The van der Waals surface area contributed by atoms with Crippen LogP contribution >= 0.6 is 34.8 Å². The molecule has 110 valence electrons. The third-order valence-electron chi connectivity index (χ3n) is 5.44. The molecule has 1 N–H and O–H groups in total. The van der Waals surface area contributed by atoms with Crippen molar-refractivity contribution < 1.29 is 0 Å². The molecule has 3 unspecified atom stereocenters. The molecule has 0 spiro atoms. The third kappa shape index (κ3) is 2.12. The van der Waals surface area contributed by atoms with Gasteiger partial charge in [0.15, 0.2) is 0 Å². The Labute approximate surface area is 135 Å². The van der Waals surface area contributed by atoms with Crippen molar-refractivity contribution in [2.24, 2.45) is 16.7 Å². The minimum atomic E-state index is 0.240. The molecule has 3 rings (SSSR count). The predicted octanol–water partition coefficient (Wildman–Crippen LogP) is 5.67. The second kappa shape index (κ2) is 4.66. The monoisotopic (exact) mass is 332 g/mol. The summed E-state index contributed by atoms with van der Waals surface area (Å²) in [6.07, 6.45) is 3.86. The van der Waals surface area contributed by atoms with Crippen LogP contribution in [-0.2, 0) is 0 Å². The summed E-state index contributed by atoms with van der Waals surface area (Å²) in [4.78, 5) is 4.31. The number of fused-ring (bicyclic) bond motifs is 2. The smallest absolute Gasteiger partial charge is 0.150 e. The summed E-state index contributed by atoms with van der Waals surface area (Å²) < 4.78 is 0. The zero-order chi connectivity index (χ0) is 14.7. The Kier molecular flexibility index (Phi) is 3.43. The van der Waals surface area contributed by atoms with Crippen LogP contribution in [0.2, 0.25) is 15.2 Å². The van der Waals surface area contributed by atoms with Gasteiger partial charge in [-0.1, -0.05) is 55.6 Å². The zero-order valence-electron chi connectivity index (χ0n) is 11.9. The maximum absolute atomic E-state index is 6.25. The highest BCUT2D eigenvalue weighted by Gasteiger charge is 2.59. The Hall–Kier alpha value is -0.180. The van der Waals surface area contributed by atoms with Gasteiger partial charge in [0.1, 0.15) is 11.0 Å². The van der Waals surface area contributed by atoms with Crippen LogP contribution < -0.4 is 5.32 Å². The lowest BCUT2D eigenvalue weighted by Gasteiger charge is -2.43. The molecule has 3 atom stereocenters. The van der Waals surface area contributed by atoms with Gasteiger partial charge in [-0.2, -0.15) is 0 Å². The van der Waals surface area contributed by atoms with Crippen molar-refractivity contribution in [3.8, 4) is 0 Å². The van der Waals surface area contributed by atoms with Crippen molar-refractivity contribution in [1.82, 2.24) is 4.98 Å². The largest absolute Gasteiger partial charge is 0.365 e. The maximum Gasteiger partial charge on any atom is 0.150 e. The molecule has 0 amide bonds. The van der Waals surface area contributed by atoms with Crippen LogP contribution in [0, 0.1) is 16.7 Å². The first kappa shape index (κ1) is 14.7. The molecular weight excluding hydrogens is 315 g/mol. The van der Waals surface area contributed by atoms with Crippen molar-refractivity contribution in [2.75, 3.05) is 5.32 Å². The van der Waals surface area contributed by atoms with E-state index in [1.165, 1.54) is 19.3 Å². The number of pyridine rings is 1. The van der Waals surface area contributed by atoms with Gasteiger partial charge >= 0.3 is 0 Å². The number of halogens is 3. The highest BCUT2D eigenvalue weighted by Crippen LogP contribution is 2.63. The van der Waals surface area contributed by atoms with Gasteiger partial charge in [-0.05, 0) is 42.1 Å². The quantitative estimate of drug-likeness (QED) is 0.705. The number of hydrogen-bond donors (Lipinski definition) is 1. The fourth-order valence-electron chi connectivity index (χ4n) is 4.34. The number of hydrogen-bond acceptors (Lipinski definition) is 2. The van der Waals surface area contributed by atoms with Gasteiger partial charge in [0.2, 0.25) is 0 Å². The fourth-order valence-corrected chi connectivity index (χ4v) is 4.90. The van der Waals surface area contributed by atoms with Crippen LogP contribution in [0.25, 0.3) is 0 Å². The van der Waals surface area contributed by atoms with Crippen LogP contribution in [-0.4, -0.2) is 11.0 Å². The second-order valence-electron chi connectivity index (χ2n) is 7.08. The van der Waals surface area contributed by atoms with E-state index in [1.807, 2.05) is 0 Å². The van der Waals surface area contributed by atoms with Gasteiger partial charge in [0, 0.05) is 6.04 Å². The zero-order valence-corrected chi connectivity index (χ0v) is 14.2. The molecule has 0 saturated heterocycles. The molecule has 0 radical (unpaired) electrons. The Bertz CT molecular complexity index is 554. The van der Waals surface area contributed by atoms with Gasteiger partial charge < -0.3 is 5.32 Å². The molecule has 2 aliphatic carbocycles. The molecule has 1 aromatic heterocycles. The van der Waals surface area contributed by atoms with Crippen molar-refractivity contribution in [2.45, 2.75) is 46.1 Å². The predicted molar refractivity (Wildman–Crippen MR) is 85.9 cm³/mol. The molecule has 1 heterocycles. The standard InChI is InChI=1S/C15H19Cl3N2/c1-14(2)8-4-5-15(3,7-8)13(14)20-12-10(17)6-9(16)11(18)19-12/h6,8,13H,4-5,7H2,1-3H3,(H,19,20). The molecule has 2 aliphatic rings. The van der Waals surface area contributed by atoms with E-state index in [9.17, 15) is 0 Å². The molecule has 0 aromatic carbocycles. The molecule has 20 heavy (non-hydrogen) atoms. The lowest BCUT2D eigenvalue weighted by molar-refractivity contribution is 0.155. The van der Waals surface area contributed by atoms with Crippen molar-refractivity contribution >= 4 is 40.6 Å². The fraction of sp³-hybridized carbons (Fsp3) is 0.667. The summed E-state index contributed by atoms with van der Waals surface area (Å²) in [5.41, 5.74) is 0.551. The first-order valence-electron chi connectivity index (χ1n) is 7.02. The lowest BCUT2D eigenvalue weighted by atomic mass is 9.68. The molecule has 2 fully saturated rings. The van der Waals surface area contributed by atoms with E-state index < -0.39 is 0 Å². The first-order chi connectivity index (χ1) is 9.24. The average molecular weight is 334 g/mol. The number of rotatable bonds is 2. The van der Waals surface area contributed by atoms with Crippen molar-refractivity contribution in [3.05, 3.63) is 21.3 Å². The minimum Gasteiger partial charge on any atom is -0.365 e. The maximum atomic E-state index is 6.25. The third-order valence-corrected chi connectivity index (χ3v) is 6.40. The average Bonchev–Trinajstić information content (AvgIpc) is 2.82. The normalized spacial score (nSPS) is 34.5. The Balaban J connectivity index is 1.93.